The summed E-state index contributed by atoms with van der Waals surface area (Å²) < 4.78 is 72.3. The van der Waals surface area contributed by atoms with Gasteiger partial charge < -0.3 is 5.32 Å². The Morgan fingerprint density at radius 2 is 1.52 bits per heavy atom. The molecule has 1 aliphatic rings. The van der Waals surface area contributed by atoms with Gasteiger partial charge in [-0.3, -0.25) is 4.79 Å². The molecule has 1 amide bonds. The fourth-order valence-electron chi connectivity index (χ4n) is 2.57. The van der Waals surface area contributed by atoms with E-state index in [1.54, 1.807) is 0 Å². The number of hydrogen-bond donors (Lipinski definition) is 1. The van der Waals surface area contributed by atoms with Crippen LogP contribution in [0.1, 0.15) is 43.2 Å². The van der Waals surface area contributed by atoms with Gasteiger partial charge in [0, 0.05) is 6.54 Å². The summed E-state index contributed by atoms with van der Waals surface area (Å²) in [5.41, 5.74) is 0.104. The Morgan fingerprint density at radius 3 is 1.92 bits per heavy atom. The molecule has 1 aliphatic carbocycles. The molecule has 0 spiro atoms. The van der Waals surface area contributed by atoms with Crippen LogP contribution >= 0.6 is 0 Å². The van der Waals surface area contributed by atoms with E-state index in [4.69, 9.17) is 0 Å². The number of benzene rings is 1. The highest BCUT2D eigenvalue weighted by molar-refractivity contribution is 5.45. The molecule has 1 aromatic rings. The minimum atomic E-state index is -4.29. The molecule has 0 heterocycles. The molecule has 1 saturated carbocycles. The van der Waals surface area contributed by atoms with Crippen molar-refractivity contribution < 1.29 is 31.1 Å². The van der Waals surface area contributed by atoms with Crippen molar-refractivity contribution in [2.24, 2.45) is 5.92 Å². The van der Waals surface area contributed by atoms with Gasteiger partial charge in [0.05, 0.1) is 11.5 Å². The van der Waals surface area contributed by atoms with Gasteiger partial charge in [-0.25, -0.2) is 0 Å². The van der Waals surface area contributed by atoms with Gasteiger partial charge >= 0.3 is 12.4 Å². The minimum absolute atomic E-state index is 0.351. The van der Waals surface area contributed by atoms with Gasteiger partial charge in [0.2, 0.25) is 6.41 Å². The van der Waals surface area contributed by atoms with E-state index in [1.165, 1.54) is 12.1 Å². The van der Waals surface area contributed by atoms with Crippen molar-refractivity contribution in [2.75, 3.05) is 6.54 Å². The highest BCUT2D eigenvalue weighted by atomic mass is 19.4. The van der Waals surface area contributed by atoms with Gasteiger partial charge in [0.25, 0.3) is 0 Å². The minimum Gasteiger partial charge on any atom is -0.358 e. The standard InChI is InChI=1S/C10H10F3NO.C7H11F3/c11-10(12,13)9-3-1-8(2-4-9)5-6-14-7-15;8-7(9,10)6-4-2-1-3-5-6/h1-4,7H,5-6H2,(H,14,15);6H,1-5H2. The van der Waals surface area contributed by atoms with E-state index in [-0.39, 0.29) is 0 Å². The van der Waals surface area contributed by atoms with Crippen LogP contribution in [0.25, 0.3) is 0 Å². The van der Waals surface area contributed by atoms with Gasteiger partial charge in [-0.15, -0.1) is 0 Å². The molecule has 1 N–H and O–H groups in total. The number of hydrogen-bond acceptors (Lipinski definition) is 1. The summed E-state index contributed by atoms with van der Waals surface area (Å²) in [6.45, 7) is 0.425. The Labute approximate surface area is 142 Å². The molecular formula is C17H21F6NO. The Balaban J connectivity index is 0.000000271. The van der Waals surface area contributed by atoms with Crippen LogP contribution in [0.3, 0.4) is 0 Å². The van der Waals surface area contributed by atoms with Gasteiger partial charge in [-0.2, -0.15) is 26.3 Å². The smallest absolute Gasteiger partial charge is 0.358 e. The molecule has 2 rings (SSSR count). The Morgan fingerprint density at radius 1 is 0.960 bits per heavy atom. The molecule has 0 aromatic heterocycles. The van der Waals surface area contributed by atoms with E-state index in [0.717, 1.165) is 37.0 Å². The van der Waals surface area contributed by atoms with Crippen molar-refractivity contribution >= 4 is 6.41 Å². The van der Waals surface area contributed by atoms with Gasteiger partial charge in [-0.1, -0.05) is 31.4 Å². The first-order valence-corrected chi connectivity index (χ1v) is 8.04. The Hall–Kier alpha value is -1.73. The van der Waals surface area contributed by atoms with Crippen LogP contribution < -0.4 is 5.32 Å². The number of carbonyl (C=O) groups excluding carboxylic acids is 1. The van der Waals surface area contributed by atoms with Crippen molar-refractivity contribution in [3.8, 4) is 0 Å². The van der Waals surface area contributed by atoms with E-state index in [0.29, 0.717) is 32.2 Å². The van der Waals surface area contributed by atoms with Crippen molar-refractivity contribution in [1.82, 2.24) is 5.32 Å². The molecule has 1 aromatic carbocycles. The van der Waals surface area contributed by atoms with E-state index in [1.807, 2.05) is 0 Å². The first-order valence-electron chi connectivity index (χ1n) is 8.04. The molecule has 25 heavy (non-hydrogen) atoms. The number of rotatable bonds is 4. The van der Waals surface area contributed by atoms with E-state index in [9.17, 15) is 31.1 Å². The molecule has 142 valence electrons. The van der Waals surface area contributed by atoms with Gasteiger partial charge in [0.1, 0.15) is 0 Å². The van der Waals surface area contributed by atoms with Crippen LogP contribution in [0.4, 0.5) is 26.3 Å². The first-order chi connectivity index (χ1) is 11.6. The number of nitrogens with one attached hydrogen (secondary N) is 1. The van der Waals surface area contributed by atoms with Crippen LogP contribution in [0, 0.1) is 5.92 Å². The SMILES string of the molecule is FC(F)(F)C1CCCCC1.O=CNCCc1ccc(C(F)(F)F)cc1. The van der Waals surface area contributed by atoms with Gasteiger partial charge in [0.15, 0.2) is 0 Å². The molecular weight excluding hydrogens is 348 g/mol. The normalized spacial score (nSPS) is 15.9. The van der Waals surface area contributed by atoms with Gasteiger partial charge in [-0.05, 0) is 37.0 Å². The average molecular weight is 369 g/mol. The lowest BCUT2D eigenvalue weighted by Gasteiger charge is -2.23. The second kappa shape index (κ2) is 9.68. The molecule has 0 unspecified atom stereocenters. The van der Waals surface area contributed by atoms with Crippen LogP contribution in [-0.2, 0) is 17.4 Å². The number of carbonyl (C=O) groups is 1. The highest BCUT2D eigenvalue weighted by Crippen LogP contribution is 2.37. The number of halogens is 6. The zero-order chi connectivity index (χ0) is 18.9. The Bertz CT molecular complexity index is 503. The molecule has 0 saturated heterocycles. The quantitative estimate of drug-likeness (QED) is 0.445. The van der Waals surface area contributed by atoms with E-state index >= 15 is 0 Å². The third kappa shape index (κ3) is 8.27. The molecule has 0 atom stereocenters. The largest absolute Gasteiger partial charge is 0.416 e. The van der Waals surface area contributed by atoms with Crippen LogP contribution in [0.2, 0.25) is 0 Å². The van der Waals surface area contributed by atoms with E-state index in [2.05, 4.69) is 5.32 Å². The maximum Gasteiger partial charge on any atom is 0.416 e. The summed E-state index contributed by atoms with van der Waals surface area (Å²) in [5, 5.41) is 2.44. The average Bonchev–Trinajstić information content (AvgIpc) is 2.55. The first kappa shape index (κ1) is 21.3. The summed E-state index contributed by atoms with van der Waals surface area (Å²) >= 11 is 0. The van der Waals surface area contributed by atoms with E-state index < -0.39 is 23.8 Å². The van der Waals surface area contributed by atoms with Crippen molar-refractivity contribution in [1.29, 1.82) is 0 Å². The highest BCUT2D eigenvalue weighted by Gasteiger charge is 2.39. The van der Waals surface area contributed by atoms with Crippen molar-refractivity contribution in [3.05, 3.63) is 35.4 Å². The summed E-state index contributed by atoms with van der Waals surface area (Å²) in [6.07, 6.45) is -3.95. The summed E-state index contributed by atoms with van der Waals surface area (Å²) in [6, 6.07) is 4.90. The predicted octanol–water partition coefficient (Wildman–Crippen LogP) is 5.12. The second-order valence-corrected chi connectivity index (χ2v) is 5.89. The predicted molar refractivity (Wildman–Crippen MR) is 81.8 cm³/mol. The van der Waals surface area contributed by atoms with Crippen LogP contribution in [-0.4, -0.2) is 19.1 Å². The topological polar surface area (TPSA) is 29.1 Å². The van der Waals surface area contributed by atoms with Crippen molar-refractivity contribution in [3.63, 3.8) is 0 Å². The fourth-order valence-corrected chi connectivity index (χ4v) is 2.57. The summed E-state index contributed by atoms with van der Waals surface area (Å²) in [4.78, 5) is 9.92. The number of alkyl halides is 6. The molecule has 1 fully saturated rings. The maximum absolute atomic E-state index is 12.2. The second-order valence-electron chi connectivity index (χ2n) is 5.89. The Kier molecular flexibility index (Phi) is 8.25. The molecule has 0 aliphatic heterocycles. The van der Waals surface area contributed by atoms with Crippen LogP contribution in [0.5, 0.6) is 0 Å². The zero-order valence-corrected chi connectivity index (χ0v) is 13.6. The molecule has 0 radical (unpaired) electrons. The maximum atomic E-state index is 12.2. The lowest BCUT2D eigenvalue weighted by Crippen LogP contribution is -2.24. The van der Waals surface area contributed by atoms with Crippen LogP contribution in [0.15, 0.2) is 24.3 Å². The molecule has 2 nitrogen and oxygen atoms in total. The fraction of sp³-hybridized carbons (Fsp3) is 0.588. The van der Waals surface area contributed by atoms with Crippen molar-refractivity contribution in [2.45, 2.75) is 50.9 Å². The lowest BCUT2D eigenvalue weighted by molar-refractivity contribution is -0.181. The third-order valence-electron chi connectivity index (χ3n) is 3.99. The monoisotopic (exact) mass is 369 g/mol. The third-order valence-corrected chi connectivity index (χ3v) is 3.99. The summed E-state index contributed by atoms with van der Waals surface area (Å²) in [5.74, 6) is -0.999. The lowest BCUT2D eigenvalue weighted by atomic mass is 9.89. The number of amides is 1. The molecule has 8 heteroatoms. The zero-order valence-electron chi connectivity index (χ0n) is 13.6. The summed E-state index contributed by atoms with van der Waals surface area (Å²) in [7, 11) is 0. The molecule has 0 bridgehead atoms.